The first-order valence-corrected chi connectivity index (χ1v) is 11.5. The molecule has 1 nitrogen and oxygen atoms in total. The average Bonchev–Trinajstić information content (AvgIpc) is 2.77. The van der Waals surface area contributed by atoms with Crippen molar-refractivity contribution in [2.45, 2.75) is 57.7 Å². The molecule has 2 fully saturated rings. The first-order chi connectivity index (χ1) is 15.7. The molecule has 0 aromatic heterocycles. The molecule has 0 radical (unpaired) electrons. The normalized spacial score (nSPS) is 26.4. The Labute approximate surface area is 191 Å². The van der Waals surface area contributed by atoms with Crippen LogP contribution in [-0.2, 0) is 4.74 Å². The maximum atomic E-state index is 14.6. The molecule has 2 aromatic carbocycles. The fraction of sp³-hybridized carbons (Fsp3) is 0.481. The van der Waals surface area contributed by atoms with Gasteiger partial charge in [-0.1, -0.05) is 37.1 Å². The van der Waals surface area contributed by atoms with E-state index in [9.17, 15) is 22.0 Å². The van der Waals surface area contributed by atoms with Gasteiger partial charge in [0.05, 0.1) is 11.7 Å². The summed E-state index contributed by atoms with van der Waals surface area (Å²) in [4.78, 5) is 0. The molecule has 1 aliphatic carbocycles. The molecule has 4 rings (SSSR count). The van der Waals surface area contributed by atoms with Crippen molar-refractivity contribution >= 4 is 16.8 Å². The summed E-state index contributed by atoms with van der Waals surface area (Å²) in [5.41, 5.74) is -0.0709. The molecule has 176 valence electrons. The van der Waals surface area contributed by atoms with Crippen LogP contribution in [0.15, 0.2) is 30.3 Å². The maximum absolute atomic E-state index is 14.6. The predicted octanol–water partition coefficient (Wildman–Crippen LogP) is 7.67. The van der Waals surface area contributed by atoms with E-state index < -0.39 is 23.4 Å². The van der Waals surface area contributed by atoms with Crippen LogP contribution in [0.1, 0.15) is 56.6 Å². The van der Waals surface area contributed by atoms with E-state index in [2.05, 4.69) is 13.0 Å². The Morgan fingerprint density at radius 2 is 1.76 bits per heavy atom. The summed E-state index contributed by atoms with van der Waals surface area (Å²) in [6, 6.07) is 5.82. The standard InChI is InChI=1S/C27H27F5O/c1-17-2-11-25(33-16-17)20-8-5-18(6-9-20)3-4-19-7-10-22-21(14-19)15-24(28)23(26(22)29)12-13-27(30,31)32/h3-4,7,10,14-15,17-18,20,25H,2,5-6,8-9,11,16H2,1H3/b4-3+. The second-order valence-electron chi connectivity index (χ2n) is 9.36. The molecule has 1 aliphatic heterocycles. The molecule has 2 aromatic rings. The Kier molecular flexibility index (Phi) is 7.09. The Balaban J connectivity index is 1.42. The van der Waals surface area contributed by atoms with Gasteiger partial charge < -0.3 is 4.74 Å². The Bertz CT molecular complexity index is 1080. The van der Waals surface area contributed by atoms with Crippen LogP contribution in [0.5, 0.6) is 0 Å². The summed E-state index contributed by atoms with van der Waals surface area (Å²) >= 11 is 0. The number of ether oxygens (including phenoxy) is 1. The third kappa shape index (κ3) is 5.95. The van der Waals surface area contributed by atoms with Gasteiger partial charge in [-0.3, -0.25) is 0 Å². The Hall–Kier alpha value is -2.39. The van der Waals surface area contributed by atoms with Crippen LogP contribution in [0.4, 0.5) is 22.0 Å². The number of benzene rings is 2. The molecule has 2 aliphatic rings. The van der Waals surface area contributed by atoms with Gasteiger partial charge in [-0.25, -0.2) is 8.78 Å². The van der Waals surface area contributed by atoms with Gasteiger partial charge in [0, 0.05) is 17.9 Å². The van der Waals surface area contributed by atoms with Gasteiger partial charge in [0.1, 0.15) is 11.6 Å². The first kappa shape index (κ1) is 23.8. The first-order valence-electron chi connectivity index (χ1n) is 11.5. The van der Waals surface area contributed by atoms with Crippen LogP contribution in [0.2, 0.25) is 0 Å². The minimum absolute atomic E-state index is 0.0438. The molecule has 0 bridgehead atoms. The van der Waals surface area contributed by atoms with Crippen molar-refractivity contribution in [1.29, 1.82) is 0 Å². The number of fused-ring (bicyclic) bond motifs is 1. The number of hydrogen-bond donors (Lipinski definition) is 0. The molecule has 33 heavy (non-hydrogen) atoms. The third-order valence-corrected chi connectivity index (χ3v) is 6.82. The van der Waals surface area contributed by atoms with E-state index in [4.69, 9.17) is 4.74 Å². The van der Waals surface area contributed by atoms with E-state index in [1.807, 2.05) is 6.08 Å². The minimum atomic E-state index is -4.82. The van der Waals surface area contributed by atoms with E-state index >= 15 is 0 Å². The van der Waals surface area contributed by atoms with Crippen LogP contribution in [0.3, 0.4) is 0 Å². The van der Waals surface area contributed by atoms with Crippen molar-refractivity contribution in [2.75, 3.05) is 6.61 Å². The molecule has 1 saturated heterocycles. The van der Waals surface area contributed by atoms with Gasteiger partial charge in [-0.05, 0) is 79.4 Å². The highest BCUT2D eigenvalue weighted by molar-refractivity contribution is 5.87. The smallest absolute Gasteiger partial charge is 0.378 e. The number of hydrogen-bond acceptors (Lipinski definition) is 1. The van der Waals surface area contributed by atoms with Crippen LogP contribution >= 0.6 is 0 Å². The highest BCUT2D eigenvalue weighted by atomic mass is 19.4. The molecule has 1 saturated carbocycles. The van der Waals surface area contributed by atoms with Gasteiger partial charge in [-0.15, -0.1) is 0 Å². The summed E-state index contributed by atoms with van der Waals surface area (Å²) in [6.07, 6.45) is 6.54. The number of halogens is 5. The van der Waals surface area contributed by atoms with Crippen molar-refractivity contribution < 1.29 is 26.7 Å². The highest BCUT2D eigenvalue weighted by Crippen LogP contribution is 2.36. The summed E-state index contributed by atoms with van der Waals surface area (Å²) in [7, 11) is 0. The molecule has 0 amide bonds. The summed E-state index contributed by atoms with van der Waals surface area (Å²) < 4.78 is 71.8. The van der Waals surface area contributed by atoms with E-state index in [0.717, 1.165) is 56.3 Å². The molecule has 2 atom stereocenters. The largest absolute Gasteiger partial charge is 0.458 e. The zero-order valence-electron chi connectivity index (χ0n) is 18.5. The monoisotopic (exact) mass is 462 g/mol. The molecular weight excluding hydrogens is 435 g/mol. The van der Waals surface area contributed by atoms with Crippen LogP contribution in [0.25, 0.3) is 16.8 Å². The minimum Gasteiger partial charge on any atom is -0.378 e. The summed E-state index contributed by atoms with van der Waals surface area (Å²) in [5, 5.41) is 0.333. The highest BCUT2D eigenvalue weighted by Gasteiger charge is 2.30. The fourth-order valence-electron chi connectivity index (χ4n) is 4.93. The summed E-state index contributed by atoms with van der Waals surface area (Å²) in [6.45, 7) is 3.10. The third-order valence-electron chi connectivity index (χ3n) is 6.82. The molecule has 0 N–H and O–H groups in total. The quantitative estimate of drug-likeness (QED) is 0.336. The lowest BCUT2D eigenvalue weighted by Gasteiger charge is -2.36. The fourth-order valence-corrected chi connectivity index (χ4v) is 4.93. The second-order valence-corrected chi connectivity index (χ2v) is 9.36. The average molecular weight is 463 g/mol. The summed E-state index contributed by atoms with van der Waals surface area (Å²) in [5.74, 6) is 2.07. The van der Waals surface area contributed by atoms with E-state index in [-0.39, 0.29) is 10.8 Å². The molecule has 0 spiro atoms. The van der Waals surface area contributed by atoms with Crippen molar-refractivity contribution in [3.05, 3.63) is 53.1 Å². The van der Waals surface area contributed by atoms with Crippen molar-refractivity contribution in [3.8, 4) is 11.8 Å². The molecule has 2 unspecified atom stereocenters. The van der Waals surface area contributed by atoms with Crippen molar-refractivity contribution in [3.63, 3.8) is 0 Å². The molecule has 1 heterocycles. The van der Waals surface area contributed by atoms with Gasteiger partial charge in [0.15, 0.2) is 0 Å². The van der Waals surface area contributed by atoms with Crippen LogP contribution in [0, 0.1) is 41.2 Å². The van der Waals surface area contributed by atoms with Crippen LogP contribution < -0.4 is 0 Å². The lowest BCUT2D eigenvalue weighted by Crippen LogP contribution is -2.33. The van der Waals surface area contributed by atoms with Crippen molar-refractivity contribution in [2.24, 2.45) is 17.8 Å². The lowest BCUT2D eigenvalue weighted by molar-refractivity contribution is -0.0696. The predicted molar refractivity (Wildman–Crippen MR) is 119 cm³/mol. The second kappa shape index (κ2) is 9.85. The van der Waals surface area contributed by atoms with Gasteiger partial charge in [0.25, 0.3) is 0 Å². The SMILES string of the molecule is CC1CCC(C2CCC(/C=C/c3ccc4c(F)c(C#CC(F)(F)F)c(F)cc4c3)CC2)OC1. The van der Waals surface area contributed by atoms with E-state index in [0.29, 0.717) is 23.9 Å². The maximum Gasteiger partial charge on any atom is 0.458 e. The Morgan fingerprint density at radius 3 is 2.42 bits per heavy atom. The van der Waals surface area contributed by atoms with E-state index in [1.165, 1.54) is 12.5 Å². The number of rotatable bonds is 3. The lowest BCUT2D eigenvalue weighted by atomic mass is 9.77. The number of alkyl halides is 3. The van der Waals surface area contributed by atoms with Crippen LogP contribution in [-0.4, -0.2) is 18.9 Å². The van der Waals surface area contributed by atoms with Gasteiger partial charge >= 0.3 is 6.18 Å². The van der Waals surface area contributed by atoms with E-state index in [1.54, 1.807) is 18.1 Å². The number of allylic oxidation sites excluding steroid dienone is 1. The zero-order chi connectivity index (χ0) is 23.6. The zero-order valence-corrected chi connectivity index (χ0v) is 18.5. The van der Waals surface area contributed by atoms with Gasteiger partial charge in [-0.2, -0.15) is 13.2 Å². The molecular formula is C27H27F5O. The molecule has 6 heteroatoms. The Morgan fingerprint density at radius 1 is 1.00 bits per heavy atom. The van der Waals surface area contributed by atoms with Crippen molar-refractivity contribution in [1.82, 2.24) is 0 Å². The topological polar surface area (TPSA) is 9.23 Å². The van der Waals surface area contributed by atoms with Gasteiger partial charge in [0.2, 0.25) is 0 Å².